The zero-order chi connectivity index (χ0) is 20.0. The molecule has 6 atom stereocenters. The van der Waals surface area contributed by atoms with Gasteiger partial charge in [-0.3, -0.25) is 13.7 Å². The smallest absolute Gasteiger partial charge is 0.756 e. The molecule has 29 heavy (non-hydrogen) atoms. The molecule has 2 aromatic rings. The van der Waals surface area contributed by atoms with Gasteiger partial charge in [0.25, 0.3) is 15.6 Å². The van der Waals surface area contributed by atoms with Crippen LogP contribution < -0.4 is 74.6 Å². The van der Waals surface area contributed by atoms with E-state index in [1.165, 1.54) is 10.9 Å². The first kappa shape index (κ1) is 27.5. The number of anilines is 1. The quantitative estimate of drug-likeness (QED) is 0.226. The Morgan fingerprint density at radius 3 is 2.48 bits per heavy atom. The fraction of sp³-hybridized carbons (Fsp3) is 0.500. The number of nitrogens with zero attached hydrogens (tertiary/aromatic N) is 4. The summed E-state index contributed by atoms with van der Waals surface area (Å²) in [6, 6.07) is 0. The van der Waals surface area contributed by atoms with Gasteiger partial charge in [0.05, 0.1) is 12.9 Å². The van der Waals surface area contributed by atoms with Crippen LogP contribution in [0.4, 0.5) is 5.82 Å². The van der Waals surface area contributed by atoms with Crippen molar-refractivity contribution >= 4 is 32.6 Å². The molecule has 19 heteroatoms. The number of ether oxygens (including phenoxy) is 1. The number of nitrogen functional groups attached to an aromatic ring is 1. The zero-order valence-corrected chi connectivity index (χ0v) is 20.9. The molecule has 1 aliphatic rings. The molecule has 1 aliphatic heterocycles. The number of aliphatic hydroxyl groups is 2. The van der Waals surface area contributed by atoms with E-state index in [2.05, 4.69) is 23.8 Å². The number of aliphatic hydroxyl groups excluding tert-OH is 2. The molecule has 3 rings (SSSR count). The molecule has 5 N–H and O–H groups in total. The first-order chi connectivity index (χ1) is 12.5. The van der Waals surface area contributed by atoms with Gasteiger partial charge in [0.1, 0.15) is 30.2 Å². The molecule has 0 amide bonds. The molecule has 1 saturated heterocycles. The van der Waals surface area contributed by atoms with E-state index >= 15 is 0 Å². The molecule has 0 radical (unpaired) electrons. The SMILES string of the molecule is Nc1ncnc2c1ncn2C1OC(COP(=O)([O-])OP(=O)([O-])O)C(O)C1O.[Na+].[Na+]. The summed E-state index contributed by atoms with van der Waals surface area (Å²) in [6.07, 6.45) is -3.40. The Balaban J connectivity index is 0.00000210. The second-order valence-electron chi connectivity index (χ2n) is 5.42. The molecule has 6 unspecified atom stereocenters. The van der Waals surface area contributed by atoms with Crippen molar-refractivity contribution in [1.29, 1.82) is 0 Å². The van der Waals surface area contributed by atoms with Gasteiger partial charge >= 0.3 is 59.1 Å². The van der Waals surface area contributed by atoms with Crippen LogP contribution in [0.1, 0.15) is 6.23 Å². The van der Waals surface area contributed by atoms with E-state index in [-0.39, 0.29) is 76.1 Å². The minimum Gasteiger partial charge on any atom is -0.756 e. The van der Waals surface area contributed by atoms with Crippen LogP contribution in [-0.4, -0.2) is 59.5 Å². The van der Waals surface area contributed by atoms with Gasteiger partial charge in [0.15, 0.2) is 17.7 Å². The predicted octanol–water partition coefficient (Wildman–Crippen LogP) is -9.00. The third-order valence-corrected chi connectivity index (χ3v) is 5.69. The Labute approximate surface area is 207 Å². The predicted molar refractivity (Wildman–Crippen MR) is 80.1 cm³/mol. The Hall–Kier alpha value is 0.490. The van der Waals surface area contributed by atoms with E-state index < -0.39 is 46.8 Å². The molecular formula is C10H13N5Na2O10P2. The number of phosphoric ester groups is 1. The van der Waals surface area contributed by atoms with Gasteiger partial charge in [-0.25, -0.2) is 19.3 Å². The fourth-order valence-corrected chi connectivity index (χ4v) is 4.00. The van der Waals surface area contributed by atoms with Crippen LogP contribution in [0.3, 0.4) is 0 Å². The van der Waals surface area contributed by atoms with Gasteiger partial charge in [-0.05, 0) is 0 Å². The van der Waals surface area contributed by atoms with Gasteiger partial charge in [-0.1, -0.05) is 0 Å². The monoisotopic (exact) mass is 471 g/mol. The van der Waals surface area contributed by atoms with Gasteiger partial charge in [-0.2, -0.15) is 0 Å². The number of hydrogen-bond acceptors (Lipinski definition) is 13. The van der Waals surface area contributed by atoms with Crippen molar-refractivity contribution in [3.05, 3.63) is 12.7 Å². The van der Waals surface area contributed by atoms with Crippen molar-refractivity contribution in [1.82, 2.24) is 19.5 Å². The summed E-state index contributed by atoms with van der Waals surface area (Å²) in [6.45, 7) is -0.904. The third kappa shape index (κ3) is 6.49. The Bertz CT molecular complexity index is 943. The van der Waals surface area contributed by atoms with Gasteiger partial charge < -0.3 is 39.9 Å². The van der Waals surface area contributed by atoms with E-state index in [4.69, 9.17) is 15.4 Å². The zero-order valence-electron chi connectivity index (χ0n) is 15.1. The van der Waals surface area contributed by atoms with E-state index in [9.17, 15) is 29.1 Å². The maximum atomic E-state index is 11.3. The second-order valence-corrected chi connectivity index (χ2v) is 8.17. The Morgan fingerprint density at radius 1 is 1.21 bits per heavy atom. The van der Waals surface area contributed by atoms with Crippen LogP contribution in [0.5, 0.6) is 0 Å². The number of fused-ring (bicyclic) bond motifs is 1. The number of nitrogens with two attached hydrogens (primary N) is 1. The summed E-state index contributed by atoms with van der Waals surface area (Å²) < 4.78 is 36.1. The number of phosphoric acid groups is 2. The van der Waals surface area contributed by atoms with Crippen molar-refractivity contribution in [3.8, 4) is 0 Å². The first-order valence-corrected chi connectivity index (χ1v) is 10.1. The standard InChI is InChI=1S/C10H15N5O10P2.2Na/c11-8-5-9(13-2-12-8)15(3-14-5)10-7(17)6(16)4(24-10)1-23-27(21,22)25-26(18,19)20;;/h2-4,6-7,10,16-17H,1H2,(H,21,22)(H2,11,12,13)(H2,18,19,20);;/q;2*+1/p-2. The van der Waals surface area contributed by atoms with Crippen LogP contribution in [0.15, 0.2) is 12.7 Å². The van der Waals surface area contributed by atoms with Crippen molar-refractivity contribution in [2.45, 2.75) is 24.5 Å². The molecular weight excluding hydrogens is 458 g/mol. The molecule has 15 nitrogen and oxygen atoms in total. The molecule has 0 bridgehead atoms. The van der Waals surface area contributed by atoms with Crippen LogP contribution in [-0.2, 0) is 22.7 Å². The maximum Gasteiger partial charge on any atom is 1.00 e. The molecule has 0 aromatic carbocycles. The molecule has 0 saturated carbocycles. The number of hydrogen-bond donors (Lipinski definition) is 4. The van der Waals surface area contributed by atoms with Gasteiger partial charge in [0.2, 0.25) is 0 Å². The van der Waals surface area contributed by atoms with Crippen LogP contribution in [0.2, 0.25) is 0 Å². The van der Waals surface area contributed by atoms with Crippen molar-refractivity contribution in [2.75, 3.05) is 12.3 Å². The van der Waals surface area contributed by atoms with E-state index in [1.807, 2.05) is 0 Å². The summed E-state index contributed by atoms with van der Waals surface area (Å²) in [5, 5.41) is 20.2. The minimum atomic E-state index is -5.60. The fourth-order valence-electron chi connectivity index (χ4n) is 2.47. The molecule has 0 aliphatic carbocycles. The van der Waals surface area contributed by atoms with E-state index in [0.29, 0.717) is 0 Å². The van der Waals surface area contributed by atoms with Crippen molar-refractivity contribution < 1.29 is 107 Å². The summed E-state index contributed by atoms with van der Waals surface area (Å²) in [5.74, 6) is 0.0714. The number of aromatic nitrogens is 4. The number of imidazole rings is 1. The third-order valence-electron chi connectivity index (χ3n) is 3.60. The normalized spacial score (nSPS) is 28.2. The molecule has 0 spiro atoms. The maximum absolute atomic E-state index is 11.3. The minimum absolute atomic E-state index is 0. The van der Waals surface area contributed by atoms with Crippen LogP contribution >= 0.6 is 15.6 Å². The van der Waals surface area contributed by atoms with Crippen LogP contribution in [0.25, 0.3) is 11.2 Å². The van der Waals surface area contributed by atoms with E-state index in [1.54, 1.807) is 0 Å². The summed E-state index contributed by atoms with van der Waals surface area (Å²) in [5.41, 5.74) is 6.06. The van der Waals surface area contributed by atoms with E-state index in [0.717, 1.165) is 6.33 Å². The Morgan fingerprint density at radius 2 is 1.86 bits per heavy atom. The largest absolute Gasteiger partial charge is 1.00 e. The topological polar surface area (TPSA) is 238 Å². The van der Waals surface area contributed by atoms with Crippen LogP contribution in [0, 0.1) is 0 Å². The molecule has 1 fully saturated rings. The second kappa shape index (κ2) is 10.4. The summed E-state index contributed by atoms with van der Waals surface area (Å²) >= 11 is 0. The van der Waals surface area contributed by atoms with Crippen molar-refractivity contribution in [2.24, 2.45) is 0 Å². The average molecular weight is 471 g/mol. The average Bonchev–Trinajstić information content (AvgIpc) is 3.07. The van der Waals surface area contributed by atoms with Gasteiger partial charge in [0, 0.05) is 0 Å². The van der Waals surface area contributed by atoms with Crippen molar-refractivity contribution in [3.63, 3.8) is 0 Å². The molecule has 2 aromatic heterocycles. The Kier molecular flexibility index (Phi) is 9.87. The van der Waals surface area contributed by atoms with Gasteiger partial charge in [-0.15, -0.1) is 0 Å². The number of rotatable bonds is 6. The summed E-state index contributed by atoms with van der Waals surface area (Å²) in [7, 11) is -11.0. The molecule has 150 valence electrons. The first-order valence-electron chi connectivity index (χ1n) is 7.14. The summed E-state index contributed by atoms with van der Waals surface area (Å²) in [4.78, 5) is 41.9. The molecule has 3 heterocycles.